The number of rotatable bonds is 1. The molecular weight excluding hydrogens is 296 g/mol. The van der Waals surface area contributed by atoms with E-state index in [1.165, 1.54) is 5.56 Å². The molecule has 0 radical (unpaired) electrons. The van der Waals surface area contributed by atoms with Crippen molar-refractivity contribution in [3.05, 3.63) is 81.1 Å². The van der Waals surface area contributed by atoms with E-state index in [1.54, 1.807) is 0 Å². The van der Waals surface area contributed by atoms with Crippen molar-refractivity contribution in [3.63, 3.8) is 0 Å². The molecule has 1 aliphatic rings. The van der Waals surface area contributed by atoms with Crippen molar-refractivity contribution < 1.29 is 0 Å². The molecule has 1 heterocycles. The van der Waals surface area contributed by atoms with Crippen molar-refractivity contribution in [2.45, 2.75) is 19.8 Å². The van der Waals surface area contributed by atoms with E-state index in [2.05, 4.69) is 17.1 Å². The lowest BCUT2D eigenvalue weighted by molar-refractivity contribution is 0.923. The molecule has 0 spiro atoms. The molecular formula is C21H16N2O. The van der Waals surface area contributed by atoms with Crippen molar-refractivity contribution in [2.24, 2.45) is 0 Å². The van der Waals surface area contributed by atoms with Gasteiger partial charge in [0.1, 0.15) is 11.6 Å². The molecule has 0 fully saturated rings. The molecule has 0 saturated carbocycles. The van der Waals surface area contributed by atoms with E-state index in [0.29, 0.717) is 0 Å². The van der Waals surface area contributed by atoms with E-state index in [0.717, 1.165) is 46.4 Å². The van der Waals surface area contributed by atoms with Gasteiger partial charge in [-0.3, -0.25) is 4.79 Å². The third kappa shape index (κ3) is 2.16. The van der Waals surface area contributed by atoms with Gasteiger partial charge in [-0.05, 0) is 36.5 Å². The number of aryl methyl sites for hydroxylation is 2. The molecule has 1 aromatic heterocycles. The average molecular weight is 312 g/mol. The lowest BCUT2D eigenvalue weighted by Gasteiger charge is -2.23. The van der Waals surface area contributed by atoms with Gasteiger partial charge in [-0.25, -0.2) is 0 Å². The second-order valence-corrected chi connectivity index (χ2v) is 6.20. The molecule has 1 aliphatic carbocycles. The fourth-order valence-electron chi connectivity index (χ4n) is 3.59. The summed E-state index contributed by atoms with van der Waals surface area (Å²) in [5.74, 6) is 0. The van der Waals surface area contributed by atoms with Crippen LogP contribution in [0.1, 0.15) is 22.3 Å². The summed E-state index contributed by atoms with van der Waals surface area (Å²) in [4.78, 5) is 15.5. The highest BCUT2D eigenvalue weighted by Crippen LogP contribution is 2.37. The Kier molecular flexibility index (Phi) is 3.32. The van der Waals surface area contributed by atoms with Crippen molar-refractivity contribution in [3.8, 4) is 28.5 Å². The van der Waals surface area contributed by atoms with Crippen LogP contribution >= 0.6 is 0 Å². The Bertz CT molecular complexity index is 1050. The van der Waals surface area contributed by atoms with E-state index in [9.17, 15) is 10.1 Å². The molecule has 3 nitrogen and oxygen atoms in total. The van der Waals surface area contributed by atoms with Crippen molar-refractivity contribution >= 4 is 0 Å². The monoisotopic (exact) mass is 312 g/mol. The standard InChI is InChI=1S/C21H16N2O/c1-13-5-4-7-15(11-13)19-17-10-9-14-6-2-3-8-16(14)20(17)23-21(24)18(19)12-22/h2-8,11H,9-10H2,1H3,(H,23,24). The zero-order valence-electron chi connectivity index (χ0n) is 13.4. The zero-order chi connectivity index (χ0) is 16.7. The van der Waals surface area contributed by atoms with Gasteiger partial charge in [-0.15, -0.1) is 0 Å². The topological polar surface area (TPSA) is 56.6 Å². The Hall–Kier alpha value is -3.12. The average Bonchev–Trinajstić information content (AvgIpc) is 2.60. The first-order chi connectivity index (χ1) is 11.7. The molecule has 116 valence electrons. The van der Waals surface area contributed by atoms with Crippen LogP contribution in [0.4, 0.5) is 0 Å². The largest absolute Gasteiger partial charge is 0.320 e. The molecule has 0 saturated heterocycles. The maximum atomic E-state index is 12.5. The minimum atomic E-state index is -0.315. The highest BCUT2D eigenvalue weighted by atomic mass is 16.1. The van der Waals surface area contributed by atoms with Crippen LogP contribution in [-0.4, -0.2) is 4.98 Å². The molecule has 3 aromatic rings. The number of hydrogen-bond donors (Lipinski definition) is 1. The predicted molar refractivity (Wildman–Crippen MR) is 94.8 cm³/mol. The van der Waals surface area contributed by atoms with Crippen molar-refractivity contribution in [1.82, 2.24) is 4.98 Å². The third-order valence-electron chi connectivity index (χ3n) is 4.67. The van der Waals surface area contributed by atoms with Crippen LogP contribution in [0.25, 0.3) is 22.4 Å². The smallest absolute Gasteiger partial charge is 0.266 e. The highest BCUT2D eigenvalue weighted by Gasteiger charge is 2.24. The summed E-state index contributed by atoms with van der Waals surface area (Å²) in [6.07, 6.45) is 1.74. The van der Waals surface area contributed by atoms with Gasteiger partial charge >= 0.3 is 0 Å². The number of aromatic nitrogens is 1. The summed E-state index contributed by atoms with van der Waals surface area (Å²) < 4.78 is 0. The molecule has 0 aliphatic heterocycles. The number of nitrogens with one attached hydrogen (secondary N) is 1. The number of nitrogens with zero attached hydrogens (tertiary/aromatic N) is 1. The van der Waals surface area contributed by atoms with Crippen LogP contribution in [0.5, 0.6) is 0 Å². The van der Waals surface area contributed by atoms with Gasteiger partial charge in [0.15, 0.2) is 0 Å². The fourth-order valence-corrected chi connectivity index (χ4v) is 3.59. The number of H-pyrrole nitrogens is 1. The minimum absolute atomic E-state index is 0.207. The van der Waals surface area contributed by atoms with Crippen LogP contribution in [0, 0.1) is 18.3 Å². The summed E-state index contributed by atoms with van der Waals surface area (Å²) in [6.45, 7) is 2.02. The number of pyridine rings is 1. The first-order valence-electron chi connectivity index (χ1n) is 8.03. The first-order valence-corrected chi connectivity index (χ1v) is 8.03. The van der Waals surface area contributed by atoms with E-state index in [-0.39, 0.29) is 11.1 Å². The molecule has 3 heteroatoms. The molecule has 0 amide bonds. The van der Waals surface area contributed by atoms with E-state index in [1.807, 2.05) is 49.4 Å². The summed E-state index contributed by atoms with van der Waals surface area (Å²) >= 11 is 0. The van der Waals surface area contributed by atoms with Gasteiger partial charge in [-0.2, -0.15) is 5.26 Å². The maximum absolute atomic E-state index is 12.5. The van der Waals surface area contributed by atoms with Crippen LogP contribution < -0.4 is 5.56 Å². The molecule has 2 aromatic carbocycles. The van der Waals surface area contributed by atoms with Crippen molar-refractivity contribution in [2.75, 3.05) is 0 Å². The van der Waals surface area contributed by atoms with Gasteiger partial charge < -0.3 is 4.98 Å². The SMILES string of the molecule is Cc1cccc(-c2c3c([nH]c(=O)c2C#N)-c2ccccc2CC3)c1. The third-order valence-corrected chi connectivity index (χ3v) is 4.67. The first kappa shape index (κ1) is 14.5. The number of fused-ring (bicyclic) bond motifs is 3. The molecule has 1 N–H and O–H groups in total. The van der Waals surface area contributed by atoms with Crippen LogP contribution in [-0.2, 0) is 12.8 Å². The number of aromatic amines is 1. The lowest BCUT2D eigenvalue weighted by atomic mass is 9.83. The molecule has 0 atom stereocenters. The van der Waals surface area contributed by atoms with Crippen LogP contribution in [0.2, 0.25) is 0 Å². The Morgan fingerprint density at radius 1 is 1.08 bits per heavy atom. The molecule has 0 unspecified atom stereocenters. The zero-order valence-corrected chi connectivity index (χ0v) is 13.4. The summed E-state index contributed by atoms with van der Waals surface area (Å²) in [5, 5.41) is 9.56. The quantitative estimate of drug-likeness (QED) is 0.738. The number of hydrogen-bond acceptors (Lipinski definition) is 2. The van der Waals surface area contributed by atoms with Gasteiger partial charge in [0, 0.05) is 11.1 Å². The summed E-state index contributed by atoms with van der Waals surface area (Å²) in [5.41, 5.74) is 6.95. The van der Waals surface area contributed by atoms with Crippen LogP contribution in [0.3, 0.4) is 0 Å². The molecule has 4 rings (SSSR count). The van der Waals surface area contributed by atoms with Gasteiger partial charge in [0.2, 0.25) is 0 Å². The Morgan fingerprint density at radius 3 is 2.71 bits per heavy atom. The number of benzene rings is 2. The van der Waals surface area contributed by atoms with E-state index < -0.39 is 0 Å². The predicted octanol–water partition coefficient (Wildman–Crippen LogP) is 3.99. The lowest BCUT2D eigenvalue weighted by Crippen LogP contribution is -2.19. The summed E-state index contributed by atoms with van der Waals surface area (Å²) in [7, 11) is 0. The number of nitriles is 1. The highest BCUT2D eigenvalue weighted by molar-refractivity contribution is 5.82. The Balaban J connectivity index is 2.10. The van der Waals surface area contributed by atoms with Gasteiger partial charge in [-0.1, -0.05) is 54.1 Å². The second kappa shape index (κ2) is 5.50. The minimum Gasteiger partial charge on any atom is -0.320 e. The van der Waals surface area contributed by atoms with Crippen LogP contribution in [0.15, 0.2) is 53.3 Å². The van der Waals surface area contributed by atoms with E-state index in [4.69, 9.17) is 0 Å². The Labute approximate surface area is 140 Å². The molecule has 24 heavy (non-hydrogen) atoms. The maximum Gasteiger partial charge on any atom is 0.266 e. The second-order valence-electron chi connectivity index (χ2n) is 6.20. The van der Waals surface area contributed by atoms with Crippen molar-refractivity contribution in [1.29, 1.82) is 5.26 Å². The van der Waals surface area contributed by atoms with Gasteiger partial charge in [0.25, 0.3) is 5.56 Å². The molecule has 0 bridgehead atoms. The van der Waals surface area contributed by atoms with Gasteiger partial charge in [0.05, 0.1) is 5.69 Å². The van der Waals surface area contributed by atoms with E-state index >= 15 is 0 Å². The summed E-state index contributed by atoms with van der Waals surface area (Å²) in [6, 6.07) is 18.3. The normalized spacial score (nSPS) is 12.2. The fraction of sp³-hybridized carbons (Fsp3) is 0.143. The Morgan fingerprint density at radius 2 is 1.92 bits per heavy atom.